The van der Waals surface area contributed by atoms with Gasteiger partial charge in [-0.15, -0.1) is 0 Å². The first-order chi connectivity index (χ1) is 14.2. The molecule has 0 unspecified atom stereocenters. The number of amides is 1. The second-order valence-electron chi connectivity index (χ2n) is 7.01. The number of carbonyl (C=O) groups excluding carboxylic acids is 1. The first-order valence-electron chi connectivity index (χ1n) is 9.74. The van der Waals surface area contributed by atoms with Gasteiger partial charge in [0.2, 0.25) is 0 Å². The van der Waals surface area contributed by atoms with Gasteiger partial charge in [0, 0.05) is 42.4 Å². The van der Waals surface area contributed by atoms with Crippen LogP contribution in [0.4, 0.5) is 22.7 Å². The summed E-state index contributed by atoms with van der Waals surface area (Å²) in [6.45, 7) is 2.25. The minimum absolute atomic E-state index is 0.223. The predicted octanol–water partition coefficient (Wildman–Crippen LogP) is 4.69. The van der Waals surface area contributed by atoms with Crippen LogP contribution in [0.5, 0.6) is 5.75 Å². The van der Waals surface area contributed by atoms with Crippen LogP contribution in [-0.2, 0) is 0 Å². The van der Waals surface area contributed by atoms with Gasteiger partial charge in [-0.05, 0) is 55.3 Å². The number of benzene rings is 2. The summed E-state index contributed by atoms with van der Waals surface area (Å²) < 4.78 is 5.19. The third-order valence-corrected chi connectivity index (χ3v) is 4.96. The van der Waals surface area contributed by atoms with Gasteiger partial charge in [0.25, 0.3) is 5.91 Å². The van der Waals surface area contributed by atoms with E-state index in [2.05, 4.69) is 44.8 Å². The average molecular weight is 388 g/mol. The predicted molar refractivity (Wildman–Crippen MR) is 116 cm³/mol. The van der Waals surface area contributed by atoms with E-state index in [9.17, 15) is 4.79 Å². The maximum atomic E-state index is 12.6. The highest BCUT2D eigenvalue weighted by Gasteiger charge is 2.12. The summed E-state index contributed by atoms with van der Waals surface area (Å²) in [5.41, 5.74) is 4.12. The summed E-state index contributed by atoms with van der Waals surface area (Å²) in [6.07, 6.45) is 5.78. The largest absolute Gasteiger partial charge is 0.497 e. The van der Waals surface area contributed by atoms with Gasteiger partial charge in [0.15, 0.2) is 0 Å². The average Bonchev–Trinajstić information content (AvgIpc) is 3.29. The summed E-state index contributed by atoms with van der Waals surface area (Å²) in [7, 11) is 1.59. The van der Waals surface area contributed by atoms with Crippen molar-refractivity contribution >= 4 is 28.7 Å². The molecule has 3 aromatic rings. The fourth-order valence-electron chi connectivity index (χ4n) is 3.43. The number of methoxy groups -OCH3 is 1. The molecule has 2 aromatic carbocycles. The molecule has 1 aromatic heterocycles. The Kier molecular flexibility index (Phi) is 5.61. The smallest absolute Gasteiger partial charge is 0.257 e. The van der Waals surface area contributed by atoms with Crippen molar-refractivity contribution < 1.29 is 9.53 Å². The summed E-state index contributed by atoms with van der Waals surface area (Å²) >= 11 is 0. The molecule has 29 heavy (non-hydrogen) atoms. The lowest BCUT2D eigenvalue weighted by Crippen LogP contribution is -2.17. The van der Waals surface area contributed by atoms with Gasteiger partial charge in [-0.3, -0.25) is 9.78 Å². The van der Waals surface area contributed by atoms with E-state index in [1.807, 2.05) is 18.2 Å². The van der Waals surface area contributed by atoms with Crippen molar-refractivity contribution in [1.82, 2.24) is 4.98 Å². The highest BCUT2D eigenvalue weighted by molar-refractivity contribution is 6.04. The van der Waals surface area contributed by atoms with Crippen molar-refractivity contribution in [2.45, 2.75) is 12.8 Å². The van der Waals surface area contributed by atoms with E-state index in [0.29, 0.717) is 17.0 Å². The number of ether oxygens (including phenoxy) is 1. The molecule has 0 aliphatic carbocycles. The molecular weight excluding hydrogens is 364 g/mol. The van der Waals surface area contributed by atoms with Crippen LogP contribution in [0.3, 0.4) is 0 Å². The van der Waals surface area contributed by atoms with Gasteiger partial charge in [-0.25, -0.2) is 0 Å². The zero-order valence-electron chi connectivity index (χ0n) is 16.4. The van der Waals surface area contributed by atoms with Gasteiger partial charge in [0.1, 0.15) is 5.75 Å². The molecule has 1 aliphatic heterocycles. The Labute approximate surface area is 170 Å². The molecule has 2 N–H and O–H groups in total. The van der Waals surface area contributed by atoms with E-state index in [0.717, 1.165) is 24.5 Å². The Balaban J connectivity index is 1.43. The van der Waals surface area contributed by atoms with Crippen molar-refractivity contribution in [3.05, 3.63) is 72.6 Å². The molecule has 2 heterocycles. The zero-order valence-corrected chi connectivity index (χ0v) is 16.4. The third-order valence-electron chi connectivity index (χ3n) is 4.96. The molecule has 4 rings (SSSR count). The highest BCUT2D eigenvalue weighted by atomic mass is 16.5. The van der Waals surface area contributed by atoms with Crippen LogP contribution in [0.25, 0.3) is 0 Å². The topological polar surface area (TPSA) is 66.5 Å². The lowest BCUT2D eigenvalue weighted by Gasteiger charge is -2.18. The number of hydrogen-bond acceptors (Lipinski definition) is 5. The second kappa shape index (κ2) is 8.65. The Morgan fingerprint density at radius 2 is 1.76 bits per heavy atom. The zero-order chi connectivity index (χ0) is 20.1. The van der Waals surface area contributed by atoms with Gasteiger partial charge in [-0.1, -0.05) is 6.07 Å². The van der Waals surface area contributed by atoms with Crippen molar-refractivity contribution in [2.24, 2.45) is 0 Å². The maximum absolute atomic E-state index is 12.6. The SMILES string of the molecule is COc1cccc(NC(=O)c2cncc(Nc3ccc(N4CCCC4)cc3)c2)c1. The van der Waals surface area contributed by atoms with E-state index in [4.69, 9.17) is 4.74 Å². The van der Waals surface area contributed by atoms with Crippen LogP contribution < -0.4 is 20.3 Å². The fraction of sp³-hybridized carbons (Fsp3) is 0.217. The number of nitrogens with one attached hydrogen (secondary N) is 2. The van der Waals surface area contributed by atoms with Crippen LogP contribution in [0.1, 0.15) is 23.2 Å². The van der Waals surface area contributed by atoms with Crippen molar-refractivity contribution in [2.75, 3.05) is 35.7 Å². The van der Waals surface area contributed by atoms with Gasteiger partial charge < -0.3 is 20.3 Å². The molecule has 1 fully saturated rings. The third kappa shape index (κ3) is 4.66. The first kappa shape index (κ1) is 18.8. The van der Waals surface area contributed by atoms with E-state index >= 15 is 0 Å². The number of hydrogen-bond donors (Lipinski definition) is 2. The number of rotatable bonds is 6. The molecule has 0 bridgehead atoms. The monoisotopic (exact) mass is 388 g/mol. The lowest BCUT2D eigenvalue weighted by molar-refractivity contribution is 0.102. The minimum Gasteiger partial charge on any atom is -0.497 e. The molecule has 0 atom stereocenters. The molecule has 1 aliphatic rings. The molecule has 148 valence electrons. The summed E-state index contributed by atoms with van der Waals surface area (Å²) in [5, 5.41) is 6.19. The summed E-state index contributed by atoms with van der Waals surface area (Å²) in [5.74, 6) is 0.465. The summed E-state index contributed by atoms with van der Waals surface area (Å²) in [6, 6.07) is 17.4. The van der Waals surface area contributed by atoms with E-state index in [1.54, 1.807) is 31.6 Å². The van der Waals surface area contributed by atoms with Crippen LogP contribution >= 0.6 is 0 Å². The standard InChI is InChI=1S/C23H24N4O2/c1-29-22-6-4-5-19(14-22)26-23(28)17-13-20(16-24-15-17)25-18-7-9-21(10-8-18)27-11-2-3-12-27/h4-10,13-16,25H,2-3,11-12H2,1H3,(H,26,28). The quantitative estimate of drug-likeness (QED) is 0.641. The van der Waals surface area contributed by atoms with E-state index in [1.165, 1.54) is 18.5 Å². The van der Waals surface area contributed by atoms with Gasteiger partial charge >= 0.3 is 0 Å². The number of anilines is 4. The number of nitrogens with zero attached hydrogens (tertiary/aromatic N) is 2. The lowest BCUT2D eigenvalue weighted by atomic mass is 10.2. The Bertz CT molecular complexity index is 982. The summed E-state index contributed by atoms with van der Waals surface area (Å²) in [4.78, 5) is 19.2. The number of carbonyl (C=O) groups is 1. The van der Waals surface area contributed by atoms with Crippen LogP contribution in [0.2, 0.25) is 0 Å². The number of aromatic nitrogens is 1. The normalized spacial score (nSPS) is 13.2. The van der Waals surface area contributed by atoms with Crippen LogP contribution in [0.15, 0.2) is 67.0 Å². The Morgan fingerprint density at radius 1 is 0.966 bits per heavy atom. The van der Waals surface area contributed by atoms with Crippen molar-refractivity contribution in [1.29, 1.82) is 0 Å². The first-order valence-corrected chi connectivity index (χ1v) is 9.74. The molecule has 0 saturated carbocycles. The van der Waals surface area contributed by atoms with Crippen molar-refractivity contribution in [3.8, 4) is 5.75 Å². The molecular formula is C23H24N4O2. The Hall–Kier alpha value is -3.54. The second-order valence-corrected chi connectivity index (χ2v) is 7.01. The Morgan fingerprint density at radius 3 is 2.52 bits per heavy atom. The van der Waals surface area contributed by atoms with E-state index in [-0.39, 0.29) is 5.91 Å². The van der Waals surface area contributed by atoms with Crippen LogP contribution in [0, 0.1) is 0 Å². The molecule has 1 saturated heterocycles. The molecule has 6 heteroatoms. The van der Waals surface area contributed by atoms with Gasteiger partial charge in [-0.2, -0.15) is 0 Å². The van der Waals surface area contributed by atoms with E-state index < -0.39 is 0 Å². The maximum Gasteiger partial charge on any atom is 0.257 e. The molecule has 1 amide bonds. The minimum atomic E-state index is -0.223. The van der Waals surface area contributed by atoms with Crippen molar-refractivity contribution in [3.63, 3.8) is 0 Å². The molecule has 6 nitrogen and oxygen atoms in total. The number of pyridine rings is 1. The fourth-order valence-corrected chi connectivity index (χ4v) is 3.43. The molecule has 0 radical (unpaired) electrons. The van der Waals surface area contributed by atoms with Gasteiger partial charge in [0.05, 0.1) is 24.6 Å². The molecule has 0 spiro atoms. The highest BCUT2D eigenvalue weighted by Crippen LogP contribution is 2.24. The van der Waals surface area contributed by atoms with Crippen LogP contribution in [-0.4, -0.2) is 31.1 Å².